The molecule has 2 fully saturated rings. The van der Waals surface area contributed by atoms with Crippen molar-refractivity contribution < 1.29 is 17.4 Å². The standard InChI is InChI=1S/2C25H29.2CH3.2ClH.H2Si.Zr/c2*1-3-19-9-11-22(12-10-19)24-14-18(2)13-23-16-21(17-25(23)24)15-20-7-5-4-6-8-20;;;;;;/h2*9-14,16-17,20H,3-8,15H2,1-2H3;2*1H3;2*1H;1H2;. The molecule has 0 aliphatic heterocycles. The summed E-state index contributed by atoms with van der Waals surface area (Å²) >= 11 is -3.87. The summed E-state index contributed by atoms with van der Waals surface area (Å²) in [7, 11) is 0. The predicted molar refractivity (Wildman–Crippen MR) is 251 cm³/mol. The van der Waals surface area contributed by atoms with Crippen molar-refractivity contribution in [2.24, 2.45) is 11.8 Å². The maximum Gasteiger partial charge on any atom is -0.147 e. The number of hydrogen-bond donors (Lipinski definition) is 0. The Morgan fingerprint density at radius 3 is 1.23 bits per heavy atom. The van der Waals surface area contributed by atoms with Crippen LogP contribution in [0.3, 0.4) is 0 Å². The van der Waals surface area contributed by atoms with Gasteiger partial charge in [-0.05, 0) is 0 Å². The molecule has 0 amide bonds. The Morgan fingerprint density at radius 1 is 0.536 bits per heavy atom. The van der Waals surface area contributed by atoms with Gasteiger partial charge in [0.05, 0.1) is 0 Å². The van der Waals surface area contributed by atoms with E-state index in [2.05, 4.69) is 129 Å². The number of benzene rings is 4. The van der Waals surface area contributed by atoms with Crippen LogP contribution >= 0.6 is 24.8 Å². The summed E-state index contributed by atoms with van der Waals surface area (Å²) < 4.78 is 6.96. The quantitative estimate of drug-likeness (QED) is 0.139. The minimum atomic E-state index is -3.87. The molecule has 0 saturated heterocycles. The van der Waals surface area contributed by atoms with Gasteiger partial charge in [-0.3, -0.25) is 0 Å². The Hall–Kier alpha value is -1.96. The zero-order chi connectivity index (χ0) is 37.6. The number of allylic oxidation sites excluding steroid dienone is 2. The van der Waals surface area contributed by atoms with E-state index in [-0.39, 0.29) is 24.8 Å². The molecule has 298 valence electrons. The van der Waals surface area contributed by atoms with Crippen LogP contribution in [-0.2, 0) is 30.2 Å². The molecule has 4 heteroatoms. The van der Waals surface area contributed by atoms with Gasteiger partial charge in [0.1, 0.15) is 0 Å². The van der Waals surface area contributed by atoms with Crippen molar-refractivity contribution in [2.75, 3.05) is 0 Å². The first-order valence-electron chi connectivity index (χ1n) is 22.0. The molecular weight excluding hydrogens is 815 g/mol. The van der Waals surface area contributed by atoms with Crippen molar-refractivity contribution in [2.45, 2.75) is 134 Å². The van der Waals surface area contributed by atoms with Crippen molar-refractivity contribution in [1.82, 2.24) is 0 Å². The van der Waals surface area contributed by atoms with Crippen molar-refractivity contribution in [3.8, 4) is 22.3 Å². The van der Waals surface area contributed by atoms with Gasteiger partial charge in [0, 0.05) is 0 Å². The van der Waals surface area contributed by atoms with Crippen molar-refractivity contribution in [1.29, 1.82) is 0 Å². The summed E-state index contributed by atoms with van der Waals surface area (Å²) in [5.41, 5.74) is 21.4. The predicted octanol–water partition coefficient (Wildman–Crippen LogP) is 15.5. The van der Waals surface area contributed by atoms with E-state index in [1.54, 1.807) is 33.4 Å². The van der Waals surface area contributed by atoms with Gasteiger partial charge in [-0.15, -0.1) is 24.8 Å². The fraction of sp³-hybridized carbons (Fsp3) is 0.462. The third kappa shape index (κ3) is 8.53. The summed E-state index contributed by atoms with van der Waals surface area (Å²) in [4.78, 5) is 0. The summed E-state index contributed by atoms with van der Waals surface area (Å²) in [6, 6.07) is 29.4. The minimum Gasteiger partial charge on any atom is -0.147 e. The first-order chi connectivity index (χ1) is 26.0. The number of hydrogen-bond acceptors (Lipinski definition) is 0. The average molecular weight is 883 g/mol. The Morgan fingerprint density at radius 2 is 0.893 bits per heavy atom. The second kappa shape index (κ2) is 17.7. The van der Waals surface area contributed by atoms with Crippen molar-refractivity contribution in [3.63, 3.8) is 0 Å². The maximum atomic E-state index is 2.92. The van der Waals surface area contributed by atoms with Crippen LogP contribution in [0.1, 0.15) is 143 Å². The third-order valence-electron chi connectivity index (χ3n) is 14.5. The molecule has 8 rings (SSSR count). The Bertz CT molecular complexity index is 2000. The fourth-order valence-corrected chi connectivity index (χ4v) is 31.6. The molecule has 2 unspecified atom stereocenters. The Labute approximate surface area is 355 Å². The monoisotopic (exact) mass is 880 g/mol. The number of rotatable bonds is 10. The van der Waals surface area contributed by atoms with E-state index in [1.165, 1.54) is 122 Å². The zero-order valence-corrected chi connectivity index (χ0v) is 40.8. The van der Waals surface area contributed by atoms with Crippen LogP contribution in [0, 0.1) is 25.7 Å². The number of aryl methyl sites for hydroxylation is 4. The summed E-state index contributed by atoms with van der Waals surface area (Å²) in [5, 5.41) is 0. The summed E-state index contributed by atoms with van der Waals surface area (Å²) in [5.74, 6) is 1.66. The molecular formula is C52H68Cl2SiZr. The van der Waals surface area contributed by atoms with Gasteiger partial charge in [-0.1, -0.05) is 0 Å². The van der Waals surface area contributed by atoms with E-state index in [0.29, 0.717) is 7.25 Å². The van der Waals surface area contributed by atoms with Crippen LogP contribution < -0.4 is 0 Å². The second-order valence-corrected chi connectivity index (χ2v) is 49.9. The molecule has 0 spiro atoms. The molecule has 4 aliphatic carbocycles. The molecule has 0 N–H and O–H groups in total. The number of halogens is 2. The van der Waals surface area contributed by atoms with Crippen molar-refractivity contribution >= 4 is 43.8 Å². The van der Waals surface area contributed by atoms with Crippen LogP contribution in [0.15, 0.2) is 83.9 Å². The van der Waals surface area contributed by atoms with Crippen LogP contribution in [0.5, 0.6) is 0 Å². The first kappa shape index (κ1) is 43.6. The SMILES string of the molecule is CCc1ccc(-c2cc(C)cc3c2C=C(CC2CCCCC2)[CH]3[Zr]([CH3])([CH3])(=[SiH2])[CH]2C(CC3CCCCC3)=Cc3c(-c4ccc(CC)cc4)cc(C)cc32)cc1.Cl.Cl. The Balaban J connectivity index is 0.00000266. The van der Waals surface area contributed by atoms with Gasteiger partial charge in [0.15, 0.2) is 0 Å². The van der Waals surface area contributed by atoms with Crippen molar-refractivity contribution in [3.05, 3.63) is 128 Å². The molecule has 0 heterocycles. The van der Waals surface area contributed by atoms with E-state index in [0.717, 1.165) is 24.7 Å². The van der Waals surface area contributed by atoms with Gasteiger partial charge in [-0.2, -0.15) is 0 Å². The molecule has 4 aromatic rings. The topological polar surface area (TPSA) is 0 Å². The maximum absolute atomic E-state index is 3.87. The second-order valence-electron chi connectivity index (χ2n) is 19.4. The minimum absolute atomic E-state index is 0. The van der Waals surface area contributed by atoms with Crippen LogP contribution in [-0.4, -0.2) is 6.88 Å². The molecule has 0 aromatic heterocycles. The zero-order valence-electron chi connectivity index (χ0n) is 35.3. The molecule has 56 heavy (non-hydrogen) atoms. The van der Waals surface area contributed by atoms with E-state index in [1.807, 2.05) is 0 Å². The number of fused-ring (bicyclic) bond motifs is 2. The average Bonchev–Trinajstić information content (AvgIpc) is 3.74. The van der Waals surface area contributed by atoms with Crippen LogP contribution in [0.25, 0.3) is 34.4 Å². The van der Waals surface area contributed by atoms with E-state index >= 15 is 0 Å². The molecule has 2 atom stereocenters. The molecule has 4 aliphatic rings. The van der Waals surface area contributed by atoms with Gasteiger partial charge < -0.3 is 0 Å². The molecule has 0 bridgehead atoms. The molecule has 2 saturated carbocycles. The van der Waals surface area contributed by atoms with Crippen LogP contribution in [0.2, 0.25) is 9.26 Å². The fourth-order valence-electron chi connectivity index (χ4n) is 11.9. The molecule has 4 aromatic carbocycles. The smallest absolute Gasteiger partial charge is 0.147 e. The third-order valence-corrected chi connectivity index (χ3v) is 32.0. The summed E-state index contributed by atoms with van der Waals surface area (Å²) in [6.45, 7) is 11.9. The van der Waals surface area contributed by atoms with Gasteiger partial charge >= 0.3 is 333 Å². The van der Waals surface area contributed by atoms with Crippen LogP contribution in [0.4, 0.5) is 0 Å². The molecule has 0 nitrogen and oxygen atoms in total. The largest absolute Gasteiger partial charge is 0.147 e. The van der Waals surface area contributed by atoms with E-state index in [4.69, 9.17) is 0 Å². The first-order valence-corrected chi connectivity index (χ1v) is 35.6. The molecule has 0 radical (unpaired) electrons. The van der Waals surface area contributed by atoms with Gasteiger partial charge in [0.2, 0.25) is 0 Å². The van der Waals surface area contributed by atoms with E-state index < -0.39 is 17.4 Å². The van der Waals surface area contributed by atoms with Gasteiger partial charge in [-0.25, -0.2) is 0 Å². The van der Waals surface area contributed by atoms with E-state index in [9.17, 15) is 0 Å². The summed E-state index contributed by atoms with van der Waals surface area (Å²) in [6.07, 6.45) is 24.4. The normalized spacial score (nSPS) is 20.1. The van der Waals surface area contributed by atoms with Gasteiger partial charge in [0.25, 0.3) is 0 Å². The Kier molecular flexibility index (Phi) is 13.8.